The zero-order valence-corrected chi connectivity index (χ0v) is 22.0. The molecule has 1 amide bonds. The van der Waals surface area contributed by atoms with Crippen LogP contribution in [0.4, 0.5) is 19.1 Å². The van der Waals surface area contributed by atoms with E-state index in [0.717, 1.165) is 43.0 Å². The van der Waals surface area contributed by atoms with Gasteiger partial charge in [-0.2, -0.15) is 18.3 Å². The molecule has 1 aromatic carbocycles. The second-order valence-corrected chi connectivity index (χ2v) is 10.2. The number of hydrogen-bond donors (Lipinski definition) is 1. The molecule has 39 heavy (non-hydrogen) atoms. The highest BCUT2D eigenvalue weighted by molar-refractivity contribution is 5.95. The molecular weight excluding hydrogens is 513 g/mol. The summed E-state index contributed by atoms with van der Waals surface area (Å²) in [6.07, 6.45) is 2.48. The molecule has 208 valence electrons. The number of alkyl halides is 3. The Morgan fingerprint density at radius 2 is 1.67 bits per heavy atom. The average molecular weight is 545 g/mol. The first-order valence-corrected chi connectivity index (χ1v) is 12.7. The van der Waals surface area contributed by atoms with Crippen molar-refractivity contribution in [2.24, 2.45) is 0 Å². The number of aromatic nitrogens is 4. The number of hydrogen-bond acceptors (Lipinski definition) is 6. The molecule has 2 aliphatic rings. The summed E-state index contributed by atoms with van der Waals surface area (Å²) in [6, 6.07) is 10.0. The van der Waals surface area contributed by atoms with Crippen LogP contribution >= 0.6 is 0 Å². The quantitative estimate of drug-likeness (QED) is 0.522. The number of halogens is 3. The Kier molecular flexibility index (Phi) is 7.94. The van der Waals surface area contributed by atoms with E-state index < -0.39 is 12.1 Å². The molecule has 3 aromatic rings. The summed E-state index contributed by atoms with van der Waals surface area (Å²) in [6.45, 7) is 9.32. The number of anilines is 1. The number of carbonyl (C=O) groups is 2. The summed E-state index contributed by atoms with van der Waals surface area (Å²) in [7, 11) is 0. The van der Waals surface area contributed by atoms with Gasteiger partial charge in [-0.3, -0.25) is 9.48 Å². The average Bonchev–Trinajstić information content (AvgIpc) is 3.35. The molecule has 0 unspecified atom stereocenters. The van der Waals surface area contributed by atoms with Crippen molar-refractivity contribution in [2.45, 2.75) is 57.8 Å². The van der Waals surface area contributed by atoms with Crippen molar-refractivity contribution in [3.63, 3.8) is 0 Å². The third-order valence-corrected chi connectivity index (χ3v) is 7.15. The minimum Gasteiger partial charge on any atom is -0.475 e. The summed E-state index contributed by atoms with van der Waals surface area (Å²) >= 11 is 0. The van der Waals surface area contributed by atoms with Gasteiger partial charge < -0.3 is 14.9 Å². The molecule has 2 aliphatic heterocycles. The highest BCUT2D eigenvalue weighted by Gasteiger charge is 2.46. The predicted octanol–water partition coefficient (Wildman–Crippen LogP) is 4.39. The van der Waals surface area contributed by atoms with Gasteiger partial charge in [0.05, 0.1) is 5.69 Å². The van der Waals surface area contributed by atoms with Crippen LogP contribution in [0.25, 0.3) is 0 Å². The van der Waals surface area contributed by atoms with Crippen LogP contribution in [0.3, 0.4) is 0 Å². The summed E-state index contributed by atoms with van der Waals surface area (Å²) in [5.41, 5.74) is 4.02. The fourth-order valence-corrected chi connectivity index (χ4v) is 5.07. The Bertz CT molecular complexity index is 1320. The Balaban J connectivity index is 0.000000448. The van der Waals surface area contributed by atoms with E-state index in [2.05, 4.69) is 39.6 Å². The third-order valence-electron chi connectivity index (χ3n) is 7.15. The van der Waals surface area contributed by atoms with Gasteiger partial charge in [-0.1, -0.05) is 18.2 Å². The number of carboxylic acids is 1. The second kappa shape index (κ2) is 11.0. The molecule has 4 heterocycles. The summed E-state index contributed by atoms with van der Waals surface area (Å²) in [4.78, 5) is 35.6. The van der Waals surface area contributed by atoms with E-state index >= 15 is 0 Å². The maximum atomic E-state index is 13.6. The van der Waals surface area contributed by atoms with E-state index in [4.69, 9.17) is 15.0 Å². The van der Waals surface area contributed by atoms with Crippen LogP contribution in [-0.4, -0.2) is 67.4 Å². The molecule has 5 rings (SSSR count). The van der Waals surface area contributed by atoms with Gasteiger partial charge in [0.1, 0.15) is 0 Å². The molecule has 0 atom stereocenters. The lowest BCUT2D eigenvalue weighted by molar-refractivity contribution is -0.192. The van der Waals surface area contributed by atoms with Gasteiger partial charge in [0.2, 0.25) is 5.95 Å². The van der Waals surface area contributed by atoms with Gasteiger partial charge in [0.25, 0.3) is 5.91 Å². The zero-order chi connectivity index (χ0) is 28.4. The maximum absolute atomic E-state index is 13.6. The number of amides is 1. The second-order valence-electron chi connectivity index (χ2n) is 10.2. The molecule has 12 heteroatoms. The predicted molar refractivity (Wildman–Crippen MR) is 137 cm³/mol. The maximum Gasteiger partial charge on any atom is 0.490 e. The van der Waals surface area contributed by atoms with Crippen molar-refractivity contribution >= 4 is 17.8 Å². The van der Waals surface area contributed by atoms with E-state index in [1.54, 1.807) is 12.4 Å². The van der Waals surface area contributed by atoms with Crippen molar-refractivity contribution in [3.05, 3.63) is 71.3 Å². The molecule has 0 saturated carbocycles. The standard InChI is InChI=1S/C25H30N6O.C2HF3O2/c1-18(2)31-16-20-15-30(23(32)21-8-5-4-7-19(21)3)17-25(22(20)28-31)9-13-29(14-10-25)24-26-11-6-12-27-24;3-2(4,5)1(6)7/h4-8,11-12,16,18H,9-10,13-15,17H2,1-3H3;(H,6,7). The lowest BCUT2D eigenvalue weighted by atomic mass is 9.72. The Labute approximate surface area is 224 Å². The monoisotopic (exact) mass is 544 g/mol. The van der Waals surface area contributed by atoms with Gasteiger partial charge in [-0.15, -0.1) is 0 Å². The fourth-order valence-electron chi connectivity index (χ4n) is 5.07. The number of aliphatic carboxylic acids is 1. The summed E-state index contributed by atoms with van der Waals surface area (Å²) < 4.78 is 33.8. The largest absolute Gasteiger partial charge is 0.490 e. The van der Waals surface area contributed by atoms with Crippen LogP contribution in [0.1, 0.15) is 59.9 Å². The first-order chi connectivity index (χ1) is 18.4. The lowest BCUT2D eigenvalue weighted by Gasteiger charge is -2.46. The first-order valence-electron chi connectivity index (χ1n) is 12.7. The van der Waals surface area contributed by atoms with E-state index in [-0.39, 0.29) is 17.4 Å². The van der Waals surface area contributed by atoms with E-state index in [9.17, 15) is 18.0 Å². The van der Waals surface area contributed by atoms with Crippen molar-refractivity contribution in [1.29, 1.82) is 0 Å². The van der Waals surface area contributed by atoms with Crippen molar-refractivity contribution < 1.29 is 27.9 Å². The Morgan fingerprint density at radius 1 is 1.05 bits per heavy atom. The SMILES string of the molecule is Cc1ccccc1C(=O)N1Cc2cn(C(C)C)nc2C2(CCN(c3ncccn3)CC2)C1.O=C(O)C(F)(F)F. The van der Waals surface area contributed by atoms with Crippen LogP contribution in [0.2, 0.25) is 0 Å². The molecule has 0 radical (unpaired) electrons. The van der Waals surface area contributed by atoms with Gasteiger partial charge in [0, 0.05) is 67.4 Å². The lowest BCUT2D eigenvalue weighted by Crippen LogP contribution is -2.53. The van der Waals surface area contributed by atoms with E-state index in [1.807, 2.05) is 42.2 Å². The minimum absolute atomic E-state index is 0.110. The van der Waals surface area contributed by atoms with Crippen LogP contribution in [0, 0.1) is 6.92 Å². The van der Waals surface area contributed by atoms with Gasteiger partial charge in [0.15, 0.2) is 0 Å². The number of nitrogens with zero attached hydrogens (tertiary/aromatic N) is 6. The van der Waals surface area contributed by atoms with Crippen molar-refractivity contribution in [2.75, 3.05) is 24.5 Å². The van der Waals surface area contributed by atoms with Crippen LogP contribution in [0.5, 0.6) is 0 Å². The van der Waals surface area contributed by atoms with Gasteiger partial charge in [-0.05, 0) is 51.3 Å². The first kappa shape index (κ1) is 28.1. The Hall–Kier alpha value is -3.96. The molecule has 1 spiro atoms. The molecule has 9 nitrogen and oxygen atoms in total. The number of rotatable bonds is 3. The van der Waals surface area contributed by atoms with Crippen molar-refractivity contribution in [3.8, 4) is 0 Å². The third kappa shape index (κ3) is 6.04. The van der Waals surface area contributed by atoms with Crippen LogP contribution < -0.4 is 4.90 Å². The summed E-state index contributed by atoms with van der Waals surface area (Å²) in [5.74, 6) is -1.87. The van der Waals surface area contributed by atoms with E-state index in [1.165, 1.54) is 11.3 Å². The molecule has 1 fully saturated rings. The van der Waals surface area contributed by atoms with Crippen LogP contribution in [0.15, 0.2) is 48.9 Å². The number of carbonyl (C=O) groups excluding carboxylic acids is 1. The molecule has 2 aromatic heterocycles. The number of benzene rings is 1. The number of carboxylic acid groups (broad SMARTS) is 1. The van der Waals surface area contributed by atoms with E-state index in [0.29, 0.717) is 13.1 Å². The highest BCUT2D eigenvalue weighted by atomic mass is 19.4. The normalized spacial score (nSPS) is 16.5. The highest BCUT2D eigenvalue weighted by Crippen LogP contribution is 2.42. The summed E-state index contributed by atoms with van der Waals surface area (Å²) in [5, 5.41) is 12.2. The van der Waals surface area contributed by atoms with Gasteiger partial charge >= 0.3 is 12.1 Å². The fraction of sp³-hybridized carbons (Fsp3) is 0.444. The topological polar surface area (TPSA) is 104 Å². The van der Waals surface area contributed by atoms with Crippen molar-refractivity contribution in [1.82, 2.24) is 24.6 Å². The molecular formula is C27H31F3N6O3. The molecule has 0 aliphatic carbocycles. The number of fused-ring (bicyclic) bond motifs is 2. The number of piperidine rings is 1. The smallest absolute Gasteiger partial charge is 0.475 e. The van der Waals surface area contributed by atoms with Crippen LogP contribution in [-0.2, 0) is 16.8 Å². The molecule has 1 N–H and O–H groups in total. The number of aryl methyl sites for hydroxylation is 1. The van der Waals surface area contributed by atoms with Gasteiger partial charge in [-0.25, -0.2) is 14.8 Å². The Morgan fingerprint density at radius 3 is 2.23 bits per heavy atom. The minimum atomic E-state index is -5.08. The zero-order valence-electron chi connectivity index (χ0n) is 22.0. The molecule has 0 bridgehead atoms. The molecule has 1 saturated heterocycles.